The molecule has 2 N–H and O–H groups in total. The number of amides is 1. The van der Waals surface area contributed by atoms with Crippen LogP contribution in [0.3, 0.4) is 0 Å². The predicted molar refractivity (Wildman–Crippen MR) is 147 cm³/mol. The van der Waals surface area contributed by atoms with Crippen molar-refractivity contribution in [2.75, 3.05) is 12.4 Å². The van der Waals surface area contributed by atoms with Crippen LogP contribution in [0.5, 0.6) is 0 Å². The number of aromatic amines is 1. The number of imidazole rings is 1. The van der Waals surface area contributed by atoms with Crippen molar-refractivity contribution in [2.24, 2.45) is 5.92 Å². The van der Waals surface area contributed by atoms with Gasteiger partial charge in [-0.2, -0.15) is 0 Å². The van der Waals surface area contributed by atoms with E-state index in [9.17, 15) is 14.4 Å². The Labute approximate surface area is 224 Å². The SMILES string of the molecule is CCC(OC(=O)c1ccc2nc(-c3ccccc3)[nH]c2c1)C(=O)Nc1sc2c(c1C(=O)OC)CCC(C)C2. The summed E-state index contributed by atoms with van der Waals surface area (Å²) >= 11 is 1.40. The monoisotopic (exact) mass is 531 g/mol. The number of carbonyl (C=O) groups excluding carboxylic acids is 3. The molecule has 0 saturated carbocycles. The third-order valence-corrected chi connectivity index (χ3v) is 7.99. The summed E-state index contributed by atoms with van der Waals surface area (Å²) in [5, 5.41) is 3.29. The second-order valence-corrected chi connectivity index (χ2v) is 10.6. The number of esters is 2. The quantitative estimate of drug-likeness (QED) is 0.293. The topological polar surface area (TPSA) is 110 Å². The van der Waals surface area contributed by atoms with Crippen molar-refractivity contribution in [1.29, 1.82) is 0 Å². The number of hydrogen-bond donors (Lipinski definition) is 2. The minimum atomic E-state index is -1.02. The average molecular weight is 532 g/mol. The Morgan fingerprint density at radius 3 is 2.68 bits per heavy atom. The van der Waals surface area contributed by atoms with Gasteiger partial charge in [-0.1, -0.05) is 44.2 Å². The second kappa shape index (κ2) is 10.8. The van der Waals surface area contributed by atoms with E-state index in [1.165, 1.54) is 18.4 Å². The van der Waals surface area contributed by atoms with E-state index < -0.39 is 23.9 Å². The van der Waals surface area contributed by atoms with Gasteiger partial charge < -0.3 is 19.8 Å². The lowest BCUT2D eigenvalue weighted by Gasteiger charge is -2.18. The molecule has 38 heavy (non-hydrogen) atoms. The van der Waals surface area contributed by atoms with E-state index in [4.69, 9.17) is 9.47 Å². The molecule has 2 aromatic carbocycles. The van der Waals surface area contributed by atoms with Gasteiger partial charge in [-0.05, 0) is 55.4 Å². The first-order chi connectivity index (χ1) is 18.4. The van der Waals surface area contributed by atoms with Crippen LogP contribution in [0.1, 0.15) is 57.8 Å². The number of fused-ring (bicyclic) bond motifs is 2. The first-order valence-electron chi connectivity index (χ1n) is 12.7. The number of carbonyl (C=O) groups is 3. The molecule has 0 fully saturated rings. The Balaban J connectivity index is 1.33. The van der Waals surface area contributed by atoms with E-state index >= 15 is 0 Å². The number of ether oxygens (including phenoxy) is 2. The smallest absolute Gasteiger partial charge is 0.341 e. The molecule has 2 atom stereocenters. The van der Waals surface area contributed by atoms with Crippen molar-refractivity contribution in [3.63, 3.8) is 0 Å². The van der Waals surface area contributed by atoms with Crippen molar-refractivity contribution in [1.82, 2.24) is 9.97 Å². The van der Waals surface area contributed by atoms with Gasteiger partial charge in [-0.25, -0.2) is 14.6 Å². The van der Waals surface area contributed by atoms with Gasteiger partial charge in [-0.3, -0.25) is 4.79 Å². The maximum Gasteiger partial charge on any atom is 0.341 e. The number of rotatable bonds is 7. The van der Waals surface area contributed by atoms with Crippen LogP contribution in [-0.4, -0.2) is 41.0 Å². The molecule has 2 heterocycles. The molecule has 9 heteroatoms. The van der Waals surface area contributed by atoms with E-state index in [-0.39, 0.29) is 6.42 Å². The lowest BCUT2D eigenvalue weighted by molar-refractivity contribution is -0.124. The molecule has 1 amide bonds. The number of nitrogens with zero attached hydrogens (tertiary/aromatic N) is 1. The van der Waals surface area contributed by atoms with Crippen molar-refractivity contribution < 1.29 is 23.9 Å². The summed E-state index contributed by atoms with van der Waals surface area (Å²) in [5.74, 6) is -0.356. The van der Waals surface area contributed by atoms with E-state index in [1.54, 1.807) is 25.1 Å². The number of benzene rings is 2. The molecule has 2 unspecified atom stereocenters. The molecule has 1 aliphatic rings. The zero-order valence-electron chi connectivity index (χ0n) is 21.5. The molecular weight excluding hydrogens is 502 g/mol. The molecule has 5 rings (SSSR count). The van der Waals surface area contributed by atoms with Crippen molar-refractivity contribution in [2.45, 2.75) is 45.6 Å². The zero-order chi connectivity index (χ0) is 26.8. The first kappa shape index (κ1) is 25.7. The highest BCUT2D eigenvalue weighted by atomic mass is 32.1. The van der Waals surface area contributed by atoms with Gasteiger partial charge in [0.15, 0.2) is 6.10 Å². The average Bonchev–Trinajstić information content (AvgIpc) is 3.51. The largest absolute Gasteiger partial charge is 0.465 e. The molecule has 8 nitrogen and oxygen atoms in total. The van der Waals surface area contributed by atoms with Crippen molar-refractivity contribution >= 4 is 45.2 Å². The predicted octanol–water partition coefficient (Wildman–Crippen LogP) is 5.78. The van der Waals surface area contributed by atoms with Gasteiger partial charge in [0, 0.05) is 10.4 Å². The Morgan fingerprint density at radius 1 is 1.16 bits per heavy atom. The van der Waals surface area contributed by atoms with Crippen LogP contribution in [0.15, 0.2) is 48.5 Å². The van der Waals surface area contributed by atoms with Gasteiger partial charge in [0.2, 0.25) is 0 Å². The van der Waals surface area contributed by atoms with Gasteiger partial charge in [0.1, 0.15) is 10.8 Å². The second-order valence-electron chi connectivity index (χ2n) is 9.52. The van der Waals surface area contributed by atoms with Crippen LogP contribution in [-0.2, 0) is 27.1 Å². The fraction of sp³-hybridized carbons (Fsp3) is 0.310. The van der Waals surface area contributed by atoms with Crippen LogP contribution in [0.25, 0.3) is 22.4 Å². The van der Waals surface area contributed by atoms with Crippen LogP contribution in [0.4, 0.5) is 5.00 Å². The highest BCUT2D eigenvalue weighted by molar-refractivity contribution is 7.17. The molecule has 196 valence electrons. The number of hydrogen-bond acceptors (Lipinski definition) is 7. The van der Waals surface area contributed by atoms with E-state index in [2.05, 4.69) is 22.2 Å². The highest BCUT2D eigenvalue weighted by Crippen LogP contribution is 2.40. The van der Waals surface area contributed by atoms with Crippen LogP contribution in [0.2, 0.25) is 0 Å². The zero-order valence-corrected chi connectivity index (χ0v) is 22.3. The van der Waals surface area contributed by atoms with Gasteiger partial charge in [0.25, 0.3) is 5.91 Å². The Kier molecular flexibility index (Phi) is 7.28. The summed E-state index contributed by atoms with van der Waals surface area (Å²) < 4.78 is 10.6. The summed E-state index contributed by atoms with van der Waals surface area (Å²) in [4.78, 5) is 47.7. The number of aromatic nitrogens is 2. The Morgan fingerprint density at radius 2 is 1.95 bits per heavy atom. The molecule has 1 aliphatic carbocycles. The molecule has 0 spiro atoms. The maximum absolute atomic E-state index is 13.2. The molecule has 0 aliphatic heterocycles. The van der Waals surface area contributed by atoms with Gasteiger partial charge in [-0.15, -0.1) is 11.3 Å². The Hall–Kier alpha value is -3.98. The maximum atomic E-state index is 13.2. The summed E-state index contributed by atoms with van der Waals surface area (Å²) in [6, 6.07) is 14.8. The molecule has 4 aromatic rings. The third kappa shape index (κ3) is 5.06. The lowest BCUT2D eigenvalue weighted by atomic mass is 9.88. The Bertz CT molecular complexity index is 1510. The minimum absolute atomic E-state index is 0.276. The summed E-state index contributed by atoms with van der Waals surface area (Å²) in [6.45, 7) is 3.94. The number of H-pyrrole nitrogens is 1. The van der Waals surface area contributed by atoms with Crippen LogP contribution < -0.4 is 5.32 Å². The van der Waals surface area contributed by atoms with Gasteiger partial charge in [0.05, 0.1) is 29.3 Å². The van der Waals surface area contributed by atoms with E-state index in [0.717, 1.165) is 40.8 Å². The normalized spacial score (nSPS) is 15.5. The summed E-state index contributed by atoms with van der Waals surface area (Å²) in [5.41, 5.74) is 4.01. The standard InChI is InChI=1S/C29H29N3O5S/c1-4-22(26(33)32-27-24(29(35)36-3)19-12-10-16(2)14-23(19)38-27)37-28(34)18-11-13-20-21(15-18)31-25(30-20)17-8-6-5-7-9-17/h5-9,11,13,15-16,22H,4,10,12,14H2,1-3H3,(H,30,31)(H,32,33). The fourth-order valence-electron chi connectivity index (χ4n) is 4.74. The van der Waals surface area contributed by atoms with Crippen LogP contribution >= 0.6 is 11.3 Å². The molecule has 0 bridgehead atoms. The van der Waals surface area contributed by atoms with Crippen molar-refractivity contribution in [3.05, 3.63) is 70.1 Å². The lowest BCUT2D eigenvalue weighted by Crippen LogP contribution is -2.32. The fourth-order valence-corrected chi connectivity index (χ4v) is 6.14. The molecular formula is C29H29N3O5S. The van der Waals surface area contributed by atoms with Gasteiger partial charge >= 0.3 is 11.9 Å². The summed E-state index contributed by atoms with van der Waals surface area (Å²) in [7, 11) is 1.33. The van der Waals surface area contributed by atoms with E-state index in [1.807, 2.05) is 30.3 Å². The molecule has 2 aromatic heterocycles. The number of anilines is 1. The van der Waals surface area contributed by atoms with Crippen molar-refractivity contribution in [3.8, 4) is 11.4 Å². The first-order valence-corrected chi connectivity index (χ1v) is 13.5. The molecule has 0 radical (unpaired) electrons. The number of methoxy groups -OCH3 is 1. The van der Waals surface area contributed by atoms with Crippen LogP contribution in [0, 0.1) is 5.92 Å². The molecule has 0 saturated heterocycles. The highest BCUT2D eigenvalue weighted by Gasteiger charge is 2.31. The third-order valence-electron chi connectivity index (χ3n) is 6.82. The number of nitrogens with one attached hydrogen (secondary N) is 2. The minimum Gasteiger partial charge on any atom is -0.465 e. The van der Waals surface area contributed by atoms with E-state index in [0.29, 0.717) is 33.4 Å². The number of thiophene rings is 1. The summed E-state index contributed by atoms with van der Waals surface area (Å²) in [6.07, 6.45) is 1.85.